The summed E-state index contributed by atoms with van der Waals surface area (Å²) in [6.45, 7) is 2.67. The summed E-state index contributed by atoms with van der Waals surface area (Å²) >= 11 is 0. The summed E-state index contributed by atoms with van der Waals surface area (Å²) in [6, 6.07) is 0.178. The fourth-order valence-corrected chi connectivity index (χ4v) is 1.13. The summed E-state index contributed by atoms with van der Waals surface area (Å²) in [5.41, 5.74) is 0. The van der Waals surface area contributed by atoms with E-state index in [4.69, 9.17) is 5.11 Å². The molecule has 0 heterocycles. The molecule has 0 aromatic heterocycles. The SMILES string of the molecule is CCN(CCC(=O)O)C(=O)NC1CC1. The molecular weight excluding hydrogens is 184 g/mol. The van der Waals surface area contributed by atoms with Gasteiger partial charge in [-0.15, -0.1) is 0 Å². The highest BCUT2D eigenvalue weighted by Crippen LogP contribution is 2.18. The molecule has 0 spiro atoms. The maximum absolute atomic E-state index is 11.5. The summed E-state index contributed by atoms with van der Waals surface area (Å²) < 4.78 is 0. The van der Waals surface area contributed by atoms with Crippen LogP contribution in [0.15, 0.2) is 0 Å². The maximum Gasteiger partial charge on any atom is 0.317 e. The Balaban J connectivity index is 2.27. The number of hydrogen-bond acceptors (Lipinski definition) is 2. The molecule has 0 aromatic carbocycles. The highest BCUT2D eigenvalue weighted by Gasteiger charge is 2.25. The van der Waals surface area contributed by atoms with E-state index in [0.29, 0.717) is 12.6 Å². The van der Waals surface area contributed by atoms with Crippen LogP contribution in [0.5, 0.6) is 0 Å². The molecular formula is C9H16N2O3. The van der Waals surface area contributed by atoms with Crippen LogP contribution in [-0.4, -0.2) is 41.1 Å². The molecule has 1 aliphatic carbocycles. The lowest BCUT2D eigenvalue weighted by Crippen LogP contribution is -2.41. The quantitative estimate of drug-likeness (QED) is 0.684. The molecule has 5 heteroatoms. The van der Waals surface area contributed by atoms with Crippen LogP contribution in [0.1, 0.15) is 26.2 Å². The van der Waals surface area contributed by atoms with Crippen molar-refractivity contribution in [2.24, 2.45) is 0 Å². The lowest BCUT2D eigenvalue weighted by Gasteiger charge is -2.20. The predicted octanol–water partition coefficient (Wildman–Crippen LogP) is 0.655. The van der Waals surface area contributed by atoms with Gasteiger partial charge >= 0.3 is 12.0 Å². The van der Waals surface area contributed by atoms with Crippen molar-refractivity contribution >= 4 is 12.0 Å². The number of rotatable bonds is 5. The third-order valence-electron chi connectivity index (χ3n) is 2.17. The second-order valence-corrected chi connectivity index (χ2v) is 3.45. The number of aliphatic carboxylic acids is 1. The van der Waals surface area contributed by atoms with Crippen LogP contribution in [0.4, 0.5) is 4.79 Å². The van der Waals surface area contributed by atoms with E-state index < -0.39 is 5.97 Å². The van der Waals surface area contributed by atoms with E-state index in [0.717, 1.165) is 12.8 Å². The molecule has 80 valence electrons. The average molecular weight is 200 g/mol. The normalized spacial score (nSPS) is 14.9. The van der Waals surface area contributed by atoms with Crippen LogP contribution in [0.25, 0.3) is 0 Å². The zero-order chi connectivity index (χ0) is 10.6. The largest absolute Gasteiger partial charge is 0.481 e. The summed E-state index contributed by atoms with van der Waals surface area (Å²) in [5, 5.41) is 11.3. The van der Waals surface area contributed by atoms with Crippen LogP contribution < -0.4 is 5.32 Å². The summed E-state index contributed by atoms with van der Waals surface area (Å²) in [7, 11) is 0. The lowest BCUT2D eigenvalue weighted by molar-refractivity contribution is -0.137. The van der Waals surface area contributed by atoms with Gasteiger partial charge in [-0.2, -0.15) is 0 Å². The van der Waals surface area contributed by atoms with E-state index in [1.165, 1.54) is 4.90 Å². The van der Waals surface area contributed by atoms with Gasteiger partial charge in [0.25, 0.3) is 0 Å². The highest BCUT2D eigenvalue weighted by molar-refractivity contribution is 5.75. The first kappa shape index (κ1) is 10.8. The minimum atomic E-state index is -0.873. The van der Waals surface area contributed by atoms with E-state index in [9.17, 15) is 9.59 Å². The van der Waals surface area contributed by atoms with Crippen LogP contribution in [0.2, 0.25) is 0 Å². The van der Waals surface area contributed by atoms with E-state index in [2.05, 4.69) is 5.32 Å². The van der Waals surface area contributed by atoms with Gasteiger partial charge in [0.05, 0.1) is 6.42 Å². The number of nitrogens with one attached hydrogen (secondary N) is 1. The molecule has 0 radical (unpaired) electrons. The van der Waals surface area contributed by atoms with Gasteiger partial charge < -0.3 is 15.3 Å². The molecule has 2 amide bonds. The molecule has 14 heavy (non-hydrogen) atoms. The van der Waals surface area contributed by atoms with Crippen LogP contribution in [0, 0.1) is 0 Å². The molecule has 0 bridgehead atoms. The number of amides is 2. The van der Waals surface area contributed by atoms with E-state index in [1.807, 2.05) is 6.92 Å². The minimum absolute atomic E-state index is 0.00588. The molecule has 1 fully saturated rings. The fourth-order valence-electron chi connectivity index (χ4n) is 1.13. The Kier molecular flexibility index (Phi) is 3.73. The van der Waals surface area contributed by atoms with Crippen molar-refractivity contribution in [1.82, 2.24) is 10.2 Å². The molecule has 0 saturated heterocycles. The van der Waals surface area contributed by atoms with Crippen molar-refractivity contribution in [3.05, 3.63) is 0 Å². The molecule has 0 atom stereocenters. The molecule has 1 aliphatic rings. The summed E-state index contributed by atoms with van der Waals surface area (Å²) in [4.78, 5) is 23.3. The van der Waals surface area contributed by atoms with Crippen LogP contribution >= 0.6 is 0 Å². The first-order chi connectivity index (χ1) is 6.63. The average Bonchev–Trinajstić information content (AvgIpc) is 2.88. The topological polar surface area (TPSA) is 69.6 Å². The van der Waals surface area contributed by atoms with Gasteiger partial charge in [-0.1, -0.05) is 0 Å². The molecule has 1 saturated carbocycles. The van der Waals surface area contributed by atoms with Crippen LogP contribution in [0.3, 0.4) is 0 Å². The van der Waals surface area contributed by atoms with Gasteiger partial charge in [-0.05, 0) is 19.8 Å². The Morgan fingerprint density at radius 3 is 2.57 bits per heavy atom. The van der Waals surface area contributed by atoms with Gasteiger partial charge in [0.1, 0.15) is 0 Å². The Labute approximate surface area is 83.1 Å². The number of nitrogens with zero attached hydrogens (tertiary/aromatic N) is 1. The second kappa shape index (κ2) is 4.83. The lowest BCUT2D eigenvalue weighted by atomic mass is 10.4. The standard InChI is InChI=1S/C9H16N2O3/c1-2-11(6-5-8(12)13)9(14)10-7-3-4-7/h7H,2-6H2,1H3,(H,10,14)(H,12,13). The van der Waals surface area contributed by atoms with Crippen molar-refractivity contribution in [2.75, 3.05) is 13.1 Å². The van der Waals surface area contributed by atoms with Gasteiger partial charge in [0.2, 0.25) is 0 Å². The second-order valence-electron chi connectivity index (χ2n) is 3.45. The number of carboxylic acid groups (broad SMARTS) is 1. The Hall–Kier alpha value is -1.26. The monoisotopic (exact) mass is 200 g/mol. The van der Waals surface area contributed by atoms with E-state index in [-0.39, 0.29) is 19.0 Å². The van der Waals surface area contributed by atoms with Crippen molar-refractivity contribution in [2.45, 2.75) is 32.2 Å². The Morgan fingerprint density at radius 2 is 2.14 bits per heavy atom. The number of carbonyl (C=O) groups excluding carboxylic acids is 1. The van der Waals surface area contributed by atoms with E-state index >= 15 is 0 Å². The zero-order valence-corrected chi connectivity index (χ0v) is 8.32. The van der Waals surface area contributed by atoms with Gasteiger partial charge in [0, 0.05) is 19.1 Å². The first-order valence-electron chi connectivity index (χ1n) is 4.90. The molecule has 0 aromatic rings. The minimum Gasteiger partial charge on any atom is -0.481 e. The van der Waals surface area contributed by atoms with Gasteiger partial charge in [-0.3, -0.25) is 4.79 Å². The smallest absolute Gasteiger partial charge is 0.317 e. The highest BCUT2D eigenvalue weighted by atomic mass is 16.4. The predicted molar refractivity (Wildman–Crippen MR) is 51.1 cm³/mol. The van der Waals surface area contributed by atoms with Crippen molar-refractivity contribution < 1.29 is 14.7 Å². The maximum atomic E-state index is 11.5. The zero-order valence-electron chi connectivity index (χ0n) is 8.32. The third kappa shape index (κ3) is 3.64. The summed E-state index contributed by atoms with van der Waals surface area (Å²) in [6.07, 6.45) is 2.09. The van der Waals surface area contributed by atoms with Crippen molar-refractivity contribution in [3.63, 3.8) is 0 Å². The fraction of sp³-hybridized carbons (Fsp3) is 0.778. The van der Waals surface area contributed by atoms with Gasteiger partial charge in [-0.25, -0.2) is 4.79 Å². The number of hydrogen-bond donors (Lipinski definition) is 2. The molecule has 0 aliphatic heterocycles. The summed E-state index contributed by atoms with van der Waals surface area (Å²) in [5.74, 6) is -0.873. The molecule has 2 N–H and O–H groups in total. The molecule has 1 rings (SSSR count). The Morgan fingerprint density at radius 1 is 1.50 bits per heavy atom. The molecule has 0 unspecified atom stereocenters. The third-order valence-corrected chi connectivity index (χ3v) is 2.17. The van der Waals surface area contributed by atoms with E-state index in [1.54, 1.807) is 0 Å². The number of carboxylic acids is 1. The first-order valence-corrected chi connectivity index (χ1v) is 4.90. The van der Waals surface area contributed by atoms with Crippen molar-refractivity contribution in [1.29, 1.82) is 0 Å². The molecule has 5 nitrogen and oxygen atoms in total. The number of urea groups is 1. The van der Waals surface area contributed by atoms with Crippen LogP contribution in [-0.2, 0) is 4.79 Å². The number of carbonyl (C=O) groups is 2. The van der Waals surface area contributed by atoms with Crippen molar-refractivity contribution in [3.8, 4) is 0 Å². The Bertz CT molecular complexity index is 226. The van der Waals surface area contributed by atoms with Gasteiger partial charge in [0.15, 0.2) is 0 Å².